The Bertz CT molecular complexity index is 1450. The number of nitrogens with one attached hydrogen (secondary N) is 1. The summed E-state index contributed by atoms with van der Waals surface area (Å²) in [6, 6.07) is 13.1. The topological polar surface area (TPSA) is 114 Å². The predicted molar refractivity (Wildman–Crippen MR) is 143 cm³/mol. The van der Waals surface area contributed by atoms with Gasteiger partial charge in [-0.3, -0.25) is 10.1 Å². The van der Waals surface area contributed by atoms with Crippen LogP contribution in [0.25, 0.3) is 16.7 Å². The quantitative estimate of drug-likeness (QED) is 0.250. The number of benzene rings is 2. The van der Waals surface area contributed by atoms with Crippen molar-refractivity contribution in [2.45, 2.75) is 18.8 Å². The van der Waals surface area contributed by atoms with Gasteiger partial charge in [0.05, 0.1) is 28.9 Å². The summed E-state index contributed by atoms with van der Waals surface area (Å²) in [5.74, 6) is 1.83. The maximum Gasteiger partial charge on any atom is 0.294 e. The van der Waals surface area contributed by atoms with E-state index in [0.717, 1.165) is 36.0 Å². The van der Waals surface area contributed by atoms with Crippen LogP contribution in [-0.4, -0.2) is 70.9 Å². The Morgan fingerprint density at radius 2 is 1.95 bits per heavy atom. The number of nitrogens with zero attached hydrogens (tertiary/aromatic N) is 7. The molecule has 2 heterocycles. The van der Waals surface area contributed by atoms with E-state index in [-0.39, 0.29) is 11.6 Å². The molecule has 5 rings (SSSR count). The maximum absolute atomic E-state index is 12.0. The summed E-state index contributed by atoms with van der Waals surface area (Å²) in [7, 11) is 7.28. The van der Waals surface area contributed by atoms with Crippen molar-refractivity contribution < 1.29 is 9.66 Å². The summed E-state index contributed by atoms with van der Waals surface area (Å²) in [5, 5.41) is 21.1. The van der Waals surface area contributed by atoms with Gasteiger partial charge in [-0.25, -0.2) is 9.67 Å². The molecule has 0 radical (unpaired) electrons. The fraction of sp³-hybridized carbons (Fsp3) is 0.346. The number of ether oxygens (including phenoxy) is 1. The molecule has 1 saturated carbocycles. The number of hydrogen-bond donors (Lipinski definition) is 1. The third kappa shape index (κ3) is 5.03. The Kier molecular flexibility index (Phi) is 6.62. The number of fused-ring (bicyclic) bond motifs is 1. The molecular formula is C26H30N8O3. The standard InChI is InChI=1S/C26H30N8O3/c1-31(2)13-14-32(3)21-16-23(37-4)19(15-22(21)34(35)36)28-26-27-12-11-24(29-26)33-20-8-6-5-7-18(20)25(30-33)17-9-10-17/h5-8,11-12,15-17H,9-10,13-14H2,1-4H3,(H,27,28,29). The van der Waals surface area contributed by atoms with Gasteiger partial charge in [0, 0.05) is 55.8 Å². The number of aromatic nitrogens is 4. The van der Waals surface area contributed by atoms with Gasteiger partial charge in [0.15, 0.2) is 5.82 Å². The molecule has 0 unspecified atom stereocenters. The van der Waals surface area contributed by atoms with Crippen LogP contribution in [0, 0.1) is 10.1 Å². The van der Waals surface area contributed by atoms with Gasteiger partial charge in [-0.15, -0.1) is 0 Å². The highest BCUT2D eigenvalue weighted by atomic mass is 16.6. The highest BCUT2D eigenvalue weighted by molar-refractivity contribution is 5.84. The van der Waals surface area contributed by atoms with E-state index in [1.165, 1.54) is 13.2 Å². The molecule has 1 aliphatic carbocycles. The van der Waals surface area contributed by atoms with Crippen LogP contribution in [-0.2, 0) is 0 Å². The molecule has 1 aliphatic rings. The van der Waals surface area contributed by atoms with Gasteiger partial charge in [0.25, 0.3) is 5.69 Å². The third-order valence-corrected chi connectivity index (χ3v) is 6.47. The Balaban J connectivity index is 1.49. The zero-order valence-electron chi connectivity index (χ0n) is 21.4. The van der Waals surface area contributed by atoms with Gasteiger partial charge >= 0.3 is 0 Å². The van der Waals surface area contributed by atoms with Crippen LogP contribution in [0.3, 0.4) is 0 Å². The van der Waals surface area contributed by atoms with Gasteiger partial charge in [-0.2, -0.15) is 10.1 Å². The number of nitro benzene ring substituents is 1. The first kappa shape index (κ1) is 24.4. The number of likely N-dealkylation sites (N-methyl/N-ethyl adjacent to an activating group) is 2. The number of methoxy groups -OCH3 is 1. The molecule has 2 aromatic heterocycles. The second-order valence-electron chi connectivity index (χ2n) is 9.48. The van der Waals surface area contributed by atoms with Crippen molar-refractivity contribution in [2.24, 2.45) is 0 Å². The predicted octanol–water partition coefficient (Wildman–Crippen LogP) is 4.35. The fourth-order valence-corrected chi connectivity index (χ4v) is 4.32. The minimum absolute atomic E-state index is 0.0344. The number of hydrogen-bond acceptors (Lipinski definition) is 9. The lowest BCUT2D eigenvalue weighted by Crippen LogP contribution is -2.28. The summed E-state index contributed by atoms with van der Waals surface area (Å²) in [4.78, 5) is 24.5. The van der Waals surface area contributed by atoms with Crippen LogP contribution < -0.4 is 15.0 Å². The lowest BCUT2D eigenvalue weighted by molar-refractivity contribution is -0.384. The van der Waals surface area contributed by atoms with Crippen molar-refractivity contribution in [1.82, 2.24) is 24.6 Å². The number of rotatable bonds is 10. The van der Waals surface area contributed by atoms with E-state index in [1.807, 2.05) is 53.8 Å². The summed E-state index contributed by atoms with van der Waals surface area (Å²) < 4.78 is 7.41. The summed E-state index contributed by atoms with van der Waals surface area (Å²) in [6.45, 7) is 1.37. The highest BCUT2D eigenvalue weighted by Crippen LogP contribution is 2.43. The molecule has 11 heteroatoms. The number of anilines is 3. The molecule has 0 spiro atoms. The van der Waals surface area contributed by atoms with E-state index in [4.69, 9.17) is 9.84 Å². The van der Waals surface area contributed by atoms with E-state index in [2.05, 4.69) is 21.4 Å². The lowest BCUT2D eigenvalue weighted by atomic mass is 10.1. The Morgan fingerprint density at radius 3 is 2.65 bits per heavy atom. The number of nitro groups is 1. The Hall–Kier alpha value is -4.25. The summed E-state index contributed by atoms with van der Waals surface area (Å²) >= 11 is 0. The first-order chi connectivity index (χ1) is 17.9. The summed E-state index contributed by atoms with van der Waals surface area (Å²) in [6.07, 6.45) is 3.94. The van der Waals surface area contributed by atoms with Crippen molar-refractivity contribution >= 4 is 33.9 Å². The number of para-hydroxylation sites is 1. The van der Waals surface area contributed by atoms with Crippen LogP contribution >= 0.6 is 0 Å². The second kappa shape index (κ2) is 10.0. The van der Waals surface area contributed by atoms with Crippen molar-refractivity contribution in [2.75, 3.05) is 51.6 Å². The van der Waals surface area contributed by atoms with Crippen molar-refractivity contribution in [3.8, 4) is 11.6 Å². The highest BCUT2D eigenvalue weighted by Gasteiger charge is 2.29. The molecule has 0 aliphatic heterocycles. The van der Waals surface area contributed by atoms with E-state index in [1.54, 1.807) is 18.3 Å². The van der Waals surface area contributed by atoms with E-state index in [9.17, 15) is 10.1 Å². The van der Waals surface area contributed by atoms with Crippen LogP contribution in [0.5, 0.6) is 5.75 Å². The van der Waals surface area contributed by atoms with E-state index in [0.29, 0.717) is 35.4 Å². The van der Waals surface area contributed by atoms with Gasteiger partial charge in [-0.05, 0) is 33.0 Å². The lowest BCUT2D eigenvalue weighted by Gasteiger charge is -2.22. The van der Waals surface area contributed by atoms with Gasteiger partial charge < -0.3 is 19.9 Å². The van der Waals surface area contributed by atoms with Crippen LogP contribution in [0.1, 0.15) is 24.5 Å². The first-order valence-corrected chi connectivity index (χ1v) is 12.2. The SMILES string of the molecule is COc1cc(N(C)CCN(C)C)c([N+](=O)[O-])cc1Nc1nccc(-n2nc(C3CC3)c3ccccc32)n1. The van der Waals surface area contributed by atoms with Crippen molar-refractivity contribution in [3.63, 3.8) is 0 Å². The first-order valence-electron chi connectivity index (χ1n) is 12.2. The summed E-state index contributed by atoms with van der Waals surface area (Å²) in [5.41, 5.74) is 2.91. The Morgan fingerprint density at radius 1 is 1.16 bits per heavy atom. The van der Waals surface area contributed by atoms with Gasteiger partial charge in [0.2, 0.25) is 5.95 Å². The van der Waals surface area contributed by atoms with E-state index >= 15 is 0 Å². The fourth-order valence-electron chi connectivity index (χ4n) is 4.32. The molecule has 37 heavy (non-hydrogen) atoms. The van der Waals surface area contributed by atoms with Crippen molar-refractivity contribution in [3.05, 3.63) is 64.5 Å². The zero-order chi connectivity index (χ0) is 26.1. The molecule has 11 nitrogen and oxygen atoms in total. The normalized spacial score (nSPS) is 13.2. The molecule has 0 bridgehead atoms. The molecule has 0 saturated heterocycles. The van der Waals surface area contributed by atoms with Crippen LogP contribution in [0.4, 0.5) is 23.0 Å². The van der Waals surface area contributed by atoms with E-state index < -0.39 is 4.92 Å². The van der Waals surface area contributed by atoms with Crippen LogP contribution in [0.2, 0.25) is 0 Å². The average molecular weight is 503 g/mol. The van der Waals surface area contributed by atoms with Gasteiger partial charge in [-0.1, -0.05) is 18.2 Å². The average Bonchev–Trinajstić information content (AvgIpc) is 3.67. The zero-order valence-corrected chi connectivity index (χ0v) is 21.4. The van der Waals surface area contributed by atoms with Gasteiger partial charge in [0.1, 0.15) is 11.4 Å². The molecule has 0 amide bonds. The monoisotopic (exact) mass is 502 g/mol. The molecule has 192 valence electrons. The van der Waals surface area contributed by atoms with Crippen molar-refractivity contribution in [1.29, 1.82) is 0 Å². The maximum atomic E-state index is 12.0. The second-order valence-corrected chi connectivity index (χ2v) is 9.48. The largest absolute Gasteiger partial charge is 0.494 e. The molecule has 1 fully saturated rings. The van der Waals surface area contributed by atoms with Crippen LogP contribution in [0.15, 0.2) is 48.7 Å². The molecule has 1 N–H and O–H groups in total. The Labute approximate surface area is 214 Å². The minimum Gasteiger partial charge on any atom is -0.494 e. The third-order valence-electron chi connectivity index (χ3n) is 6.47. The molecule has 4 aromatic rings. The smallest absolute Gasteiger partial charge is 0.294 e. The molecule has 2 aromatic carbocycles. The molecular weight excluding hydrogens is 472 g/mol. The molecule has 0 atom stereocenters. The minimum atomic E-state index is -0.390.